The SMILES string of the molecule is Nc1nccnc1NN1CCCCC1. The molecule has 1 fully saturated rings. The van der Waals surface area contributed by atoms with Gasteiger partial charge in [0, 0.05) is 25.5 Å². The molecule has 0 aromatic carbocycles. The number of nitrogen functional groups attached to an aromatic ring is 1. The Morgan fingerprint density at radius 1 is 1.14 bits per heavy atom. The van der Waals surface area contributed by atoms with Crippen molar-refractivity contribution in [1.82, 2.24) is 15.0 Å². The molecular formula is C9H15N5. The molecule has 0 saturated carbocycles. The van der Waals surface area contributed by atoms with E-state index in [-0.39, 0.29) is 0 Å². The molecule has 2 heterocycles. The summed E-state index contributed by atoms with van der Waals surface area (Å²) >= 11 is 0. The lowest BCUT2D eigenvalue weighted by atomic mass is 10.2. The average molecular weight is 193 g/mol. The van der Waals surface area contributed by atoms with Gasteiger partial charge in [-0.15, -0.1) is 0 Å². The van der Waals surface area contributed by atoms with Crippen LogP contribution in [0, 0.1) is 0 Å². The average Bonchev–Trinajstić information content (AvgIpc) is 2.23. The van der Waals surface area contributed by atoms with E-state index in [4.69, 9.17) is 5.73 Å². The maximum absolute atomic E-state index is 5.67. The molecule has 3 N–H and O–H groups in total. The Kier molecular flexibility index (Phi) is 2.78. The minimum atomic E-state index is 0.457. The number of anilines is 2. The first-order valence-electron chi connectivity index (χ1n) is 4.94. The van der Waals surface area contributed by atoms with Crippen molar-refractivity contribution in [1.29, 1.82) is 0 Å². The highest BCUT2D eigenvalue weighted by molar-refractivity contribution is 5.54. The second-order valence-corrected chi connectivity index (χ2v) is 3.45. The zero-order chi connectivity index (χ0) is 9.80. The summed E-state index contributed by atoms with van der Waals surface area (Å²) in [5, 5.41) is 2.14. The number of hydrogen-bond acceptors (Lipinski definition) is 5. The van der Waals surface area contributed by atoms with E-state index in [1.165, 1.54) is 19.3 Å². The molecule has 5 heteroatoms. The van der Waals surface area contributed by atoms with Crippen LogP contribution in [0.15, 0.2) is 12.4 Å². The topological polar surface area (TPSA) is 67.1 Å². The monoisotopic (exact) mass is 193 g/mol. The fourth-order valence-electron chi connectivity index (χ4n) is 1.59. The van der Waals surface area contributed by atoms with Crippen LogP contribution in [0.4, 0.5) is 11.6 Å². The standard InChI is InChI=1S/C9H15N5/c10-8-9(12-5-4-11-8)13-14-6-2-1-3-7-14/h4-5H,1-3,6-7H2,(H2,10,11)(H,12,13). The Bertz CT molecular complexity index is 295. The van der Waals surface area contributed by atoms with Gasteiger partial charge in [-0.25, -0.2) is 15.0 Å². The molecule has 76 valence electrons. The van der Waals surface area contributed by atoms with Gasteiger partial charge >= 0.3 is 0 Å². The van der Waals surface area contributed by atoms with Crippen LogP contribution in [0.5, 0.6) is 0 Å². The van der Waals surface area contributed by atoms with Gasteiger partial charge in [0.2, 0.25) is 0 Å². The second kappa shape index (κ2) is 4.23. The van der Waals surface area contributed by atoms with Gasteiger partial charge < -0.3 is 11.2 Å². The van der Waals surface area contributed by atoms with Crippen molar-refractivity contribution in [2.45, 2.75) is 19.3 Å². The highest BCUT2D eigenvalue weighted by Crippen LogP contribution is 2.14. The van der Waals surface area contributed by atoms with Gasteiger partial charge in [0.15, 0.2) is 11.6 Å². The van der Waals surface area contributed by atoms with Crippen LogP contribution < -0.4 is 11.2 Å². The predicted molar refractivity (Wildman–Crippen MR) is 55.5 cm³/mol. The van der Waals surface area contributed by atoms with Crippen molar-refractivity contribution in [3.63, 3.8) is 0 Å². The van der Waals surface area contributed by atoms with E-state index in [1.54, 1.807) is 12.4 Å². The Labute approximate surface area is 83.3 Å². The minimum Gasteiger partial charge on any atom is -0.381 e. The highest BCUT2D eigenvalue weighted by Gasteiger charge is 2.11. The number of hydrogen-bond donors (Lipinski definition) is 2. The first-order chi connectivity index (χ1) is 6.86. The number of nitrogens with zero attached hydrogens (tertiary/aromatic N) is 3. The molecule has 0 aliphatic carbocycles. The van der Waals surface area contributed by atoms with Crippen LogP contribution in [0.25, 0.3) is 0 Å². The minimum absolute atomic E-state index is 0.457. The molecule has 14 heavy (non-hydrogen) atoms. The van der Waals surface area contributed by atoms with Crippen molar-refractivity contribution in [2.24, 2.45) is 0 Å². The maximum atomic E-state index is 5.67. The predicted octanol–water partition coefficient (Wildman–Crippen LogP) is 0.872. The van der Waals surface area contributed by atoms with Gasteiger partial charge in [-0.2, -0.15) is 0 Å². The molecule has 1 aromatic rings. The third-order valence-electron chi connectivity index (χ3n) is 2.35. The molecule has 0 radical (unpaired) electrons. The van der Waals surface area contributed by atoms with Gasteiger partial charge in [0.05, 0.1) is 0 Å². The van der Waals surface area contributed by atoms with E-state index >= 15 is 0 Å². The van der Waals surface area contributed by atoms with E-state index in [0.717, 1.165) is 13.1 Å². The number of rotatable bonds is 2. The van der Waals surface area contributed by atoms with Crippen molar-refractivity contribution in [2.75, 3.05) is 24.2 Å². The lowest BCUT2D eigenvalue weighted by Gasteiger charge is -2.27. The fourth-order valence-corrected chi connectivity index (χ4v) is 1.59. The Balaban J connectivity index is 1.99. The number of nitrogens with one attached hydrogen (secondary N) is 1. The molecule has 1 aliphatic rings. The van der Waals surface area contributed by atoms with E-state index in [9.17, 15) is 0 Å². The van der Waals surface area contributed by atoms with Crippen LogP contribution in [0.3, 0.4) is 0 Å². The summed E-state index contributed by atoms with van der Waals surface area (Å²) in [6.45, 7) is 2.10. The summed E-state index contributed by atoms with van der Waals surface area (Å²) in [4.78, 5) is 8.10. The van der Waals surface area contributed by atoms with Crippen molar-refractivity contribution in [3.8, 4) is 0 Å². The van der Waals surface area contributed by atoms with Crippen LogP contribution in [-0.4, -0.2) is 28.1 Å². The molecule has 0 atom stereocenters. The Morgan fingerprint density at radius 3 is 2.57 bits per heavy atom. The van der Waals surface area contributed by atoms with Crippen LogP contribution >= 0.6 is 0 Å². The quantitative estimate of drug-likeness (QED) is 0.729. The largest absolute Gasteiger partial charge is 0.381 e. The molecule has 1 saturated heterocycles. The number of hydrazine groups is 1. The first kappa shape index (κ1) is 9.21. The number of piperidine rings is 1. The molecule has 1 aliphatic heterocycles. The zero-order valence-corrected chi connectivity index (χ0v) is 8.11. The molecule has 0 spiro atoms. The Hall–Kier alpha value is -1.36. The van der Waals surface area contributed by atoms with Crippen LogP contribution in [-0.2, 0) is 0 Å². The summed E-state index contributed by atoms with van der Waals surface area (Å²) in [5.41, 5.74) is 8.86. The van der Waals surface area contributed by atoms with Gasteiger partial charge in [-0.05, 0) is 12.8 Å². The zero-order valence-electron chi connectivity index (χ0n) is 8.11. The van der Waals surface area contributed by atoms with E-state index < -0.39 is 0 Å². The highest BCUT2D eigenvalue weighted by atomic mass is 15.5. The summed E-state index contributed by atoms with van der Waals surface area (Å²) in [6, 6.07) is 0. The third kappa shape index (κ3) is 2.11. The van der Waals surface area contributed by atoms with Gasteiger partial charge in [0.1, 0.15) is 0 Å². The molecule has 0 unspecified atom stereocenters. The fraction of sp³-hybridized carbons (Fsp3) is 0.556. The van der Waals surface area contributed by atoms with E-state index in [1.807, 2.05) is 0 Å². The molecule has 0 bridgehead atoms. The smallest absolute Gasteiger partial charge is 0.183 e. The number of aromatic nitrogens is 2. The molecule has 5 nitrogen and oxygen atoms in total. The normalized spacial score (nSPS) is 18.0. The summed E-state index contributed by atoms with van der Waals surface area (Å²) < 4.78 is 0. The van der Waals surface area contributed by atoms with Gasteiger partial charge in [0.25, 0.3) is 0 Å². The van der Waals surface area contributed by atoms with Crippen molar-refractivity contribution >= 4 is 11.6 Å². The maximum Gasteiger partial charge on any atom is 0.183 e. The van der Waals surface area contributed by atoms with Gasteiger partial charge in [-0.3, -0.25) is 0 Å². The number of nitrogens with two attached hydrogens (primary N) is 1. The second-order valence-electron chi connectivity index (χ2n) is 3.45. The lowest BCUT2D eigenvalue weighted by Crippen LogP contribution is -2.35. The summed E-state index contributed by atoms with van der Waals surface area (Å²) in [7, 11) is 0. The molecular weight excluding hydrogens is 178 g/mol. The van der Waals surface area contributed by atoms with Gasteiger partial charge in [-0.1, -0.05) is 6.42 Å². The lowest BCUT2D eigenvalue weighted by molar-refractivity contribution is 0.272. The third-order valence-corrected chi connectivity index (χ3v) is 2.35. The Morgan fingerprint density at radius 2 is 1.86 bits per heavy atom. The van der Waals surface area contributed by atoms with E-state index in [2.05, 4.69) is 20.4 Å². The molecule has 0 amide bonds. The first-order valence-corrected chi connectivity index (χ1v) is 4.94. The summed E-state index contributed by atoms with van der Waals surface area (Å²) in [5.74, 6) is 1.12. The molecule has 2 rings (SSSR count). The summed E-state index contributed by atoms with van der Waals surface area (Å²) in [6.07, 6.45) is 7.01. The molecule has 1 aromatic heterocycles. The van der Waals surface area contributed by atoms with Crippen molar-refractivity contribution in [3.05, 3.63) is 12.4 Å². The van der Waals surface area contributed by atoms with Crippen LogP contribution in [0.1, 0.15) is 19.3 Å². The van der Waals surface area contributed by atoms with Crippen LogP contribution in [0.2, 0.25) is 0 Å². The van der Waals surface area contributed by atoms with E-state index in [0.29, 0.717) is 11.6 Å². The van der Waals surface area contributed by atoms with Crippen molar-refractivity contribution < 1.29 is 0 Å².